The first-order chi connectivity index (χ1) is 18.2. The van der Waals surface area contributed by atoms with Gasteiger partial charge in [-0.3, -0.25) is 14.4 Å². The summed E-state index contributed by atoms with van der Waals surface area (Å²) in [5, 5.41) is 3.35. The van der Waals surface area contributed by atoms with Gasteiger partial charge in [-0.05, 0) is 42.3 Å². The fourth-order valence-electron chi connectivity index (χ4n) is 4.43. The monoisotopic (exact) mass is 553 g/mol. The highest BCUT2D eigenvalue weighted by Crippen LogP contribution is 2.30. The van der Waals surface area contributed by atoms with Gasteiger partial charge in [0.2, 0.25) is 11.8 Å². The zero-order valence-electron chi connectivity index (χ0n) is 20.8. The quantitative estimate of drug-likeness (QED) is 0.413. The molecular weight excluding hydrogens is 526 g/mol. The van der Waals surface area contributed by atoms with Gasteiger partial charge in [0, 0.05) is 37.5 Å². The number of halogens is 1. The van der Waals surface area contributed by atoms with Gasteiger partial charge in [0.05, 0.1) is 5.56 Å². The fourth-order valence-corrected chi connectivity index (χ4v) is 6.12. The van der Waals surface area contributed by atoms with Gasteiger partial charge in [-0.15, -0.1) is 0 Å². The number of sulfonamides is 1. The summed E-state index contributed by atoms with van der Waals surface area (Å²) >= 11 is 6.03. The van der Waals surface area contributed by atoms with Crippen molar-refractivity contribution in [3.63, 3.8) is 0 Å². The van der Waals surface area contributed by atoms with Crippen molar-refractivity contribution in [2.75, 3.05) is 13.1 Å². The molecule has 3 aromatic rings. The fraction of sp³-hybridized carbons (Fsp3) is 0.250. The molecule has 1 heterocycles. The minimum absolute atomic E-state index is 0.0697. The molecule has 0 aromatic heterocycles. The number of nitrogens with one attached hydrogen (secondary N) is 1. The Morgan fingerprint density at radius 1 is 0.947 bits per heavy atom. The number of carbonyl (C=O) groups excluding carboxylic acids is 3. The Morgan fingerprint density at radius 3 is 2.26 bits per heavy atom. The lowest BCUT2D eigenvalue weighted by Gasteiger charge is -2.32. The maximum atomic E-state index is 13.7. The summed E-state index contributed by atoms with van der Waals surface area (Å²) in [4.78, 5) is 41.1. The molecule has 1 N–H and O–H groups in total. The van der Waals surface area contributed by atoms with E-state index in [-0.39, 0.29) is 42.3 Å². The molecular formula is C28H28ClN3O5S. The SMILES string of the molecule is CCNC(=O)[C@@H](Cc1ccccc1)N(Cc1ccc(Cl)cc1)C(=O)CCN1C(=O)c2ccccc2S1(=O)=O. The zero-order valence-corrected chi connectivity index (χ0v) is 22.4. The molecule has 0 saturated heterocycles. The molecule has 38 heavy (non-hydrogen) atoms. The average Bonchev–Trinajstić information content (AvgIpc) is 3.11. The summed E-state index contributed by atoms with van der Waals surface area (Å²) in [6.07, 6.45) is -0.0182. The molecule has 1 aliphatic heterocycles. The lowest BCUT2D eigenvalue weighted by molar-refractivity contribution is -0.141. The summed E-state index contributed by atoms with van der Waals surface area (Å²) < 4.78 is 26.7. The summed E-state index contributed by atoms with van der Waals surface area (Å²) in [7, 11) is -4.06. The smallest absolute Gasteiger partial charge is 0.269 e. The Bertz CT molecular complexity index is 1430. The highest BCUT2D eigenvalue weighted by Gasteiger charge is 2.41. The van der Waals surface area contributed by atoms with Crippen LogP contribution in [-0.4, -0.2) is 54.5 Å². The summed E-state index contributed by atoms with van der Waals surface area (Å²) in [5.74, 6) is -1.44. The number of likely N-dealkylation sites (N-methyl/N-ethyl adjacent to an activating group) is 1. The van der Waals surface area contributed by atoms with Crippen LogP contribution in [0.2, 0.25) is 5.02 Å². The third-order valence-electron chi connectivity index (χ3n) is 6.33. The number of hydrogen-bond donors (Lipinski definition) is 1. The predicted molar refractivity (Wildman–Crippen MR) is 144 cm³/mol. The molecule has 3 aromatic carbocycles. The van der Waals surface area contributed by atoms with Gasteiger partial charge in [0.15, 0.2) is 0 Å². The van der Waals surface area contributed by atoms with Crippen LogP contribution in [0.3, 0.4) is 0 Å². The number of nitrogens with zero attached hydrogens (tertiary/aromatic N) is 2. The van der Waals surface area contributed by atoms with Gasteiger partial charge in [0.25, 0.3) is 15.9 Å². The Hall–Kier alpha value is -3.69. The Kier molecular flexibility index (Phi) is 8.48. The first kappa shape index (κ1) is 27.3. The van der Waals surface area contributed by atoms with E-state index in [1.807, 2.05) is 30.3 Å². The maximum absolute atomic E-state index is 13.7. The molecule has 198 valence electrons. The highest BCUT2D eigenvalue weighted by molar-refractivity contribution is 7.90. The zero-order chi connectivity index (χ0) is 27.3. The van der Waals surface area contributed by atoms with Crippen LogP contribution in [-0.2, 0) is 32.6 Å². The van der Waals surface area contributed by atoms with Gasteiger partial charge in [-0.1, -0.05) is 66.2 Å². The lowest BCUT2D eigenvalue weighted by atomic mass is 10.0. The van der Waals surface area contributed by atoms with E-state index in [0.717, 1.165) is 15.4 Å². The van der Waals surface area contributed by atoms with Crippen LogP contribution in [0.25, 0.3) is 0 Å². The highest BCUT2D eigenvalue weighted by atomic mass is 35.5. The van der Waals surface area contributed by atoms with Crippen molar-refractivity contribution in [3.8, 4) is 0 Å². The van der Waals surface area contributed by atoms with Crippen molar-refractivity contribution < 1.29 is 22.8 Å². The van der Waals surface area contributed by atoms with Crippen LogP contribution in [0.5, 0.6) is 0 Å². The number of benzene rings is 3. The van der Waals surface area contributed by atoms with E-state index in [0.29, 0.717) is 11.6 Å². The molecule has 0 fully saturated rings. The van der Waals surface area contributed by atoms with Crippen molar-refractivity contribution >= 4 is 39.3 Å². The third-order valence-corrected chi connectivity index (χ3v) is 8.42. The van der Waals surface area contributed by atoms with Crippen LogP contribution in [0, 0.1) is 0 Å². The van der Waals surface area contributed by atoms with Crippen LogP contribution < -0.4 is 5.32 Å². The van der Waals surface area contributed by atoms with Crippen LogP contribution in [0.4, 0.5) is 0 Å². The molecule has 0 saturated carbocycles. The molecule has 0 spiro atoms. The first-order valence-corrected chi connectivity index (χ1v) is 14.1. The van der Waals surface area contributed by atoms with Gasteiger partial charge in [-0.2, -0.15) is 0 Å². The van der Waals surface area contributed by atoms with E-state index in [2.05, 4.69) is 5.32 Å². The molecule has 0 radical (unpaired) electrons. The van der Waals surface area contributed by atoms with Crippen molar-refractivity contribution in [2.24, 2.45) is 0 Å². The number of carbonyl (C=O) groups is 3. The van der Waals surface area contributed by atoms with Crippen molar-refractivity contribution in [2.45, 2.75) is 37.2 Å². The van der Waals surface area contributed by atoms with E-state index in [9.17, 15) is 22.8 Å². The minimum Gasteiger partial charge on any atom is -0.355 e. The van der Waals surface area contributed by atoms with Crippen molar-refractivity contribution in [1.29, 1.82) is 0 Å². The molecule has 1 atom stereocenters. The van der Waals surface area contributed by atoms with Crippen molar-refractivity contribution in [1.82, 2.24) is 14.5 Å². The second kappa shape index (κ2) is 11.8. The van der Waals surface area contributed by atoms with E-state index >= 15 is 0 Å². The number of fused-ring (bicyclic) bond motifs is 1. The van der Waals surface area contributed by atoms with E-state index < -0.39 is 27.9 Å². The molecule has 4 rings (SSSR count). The molecule has 1 aliphatic rings. The average molecular weight is 554 g/mol. The molecule has 10 heteroatoms. The van der Waals surface area contributed by atoms with Gasteiger partial charge < -0.3 is 10.2 Å². The van der Waals surface area contributed by atoms with Gasteiger partial charge in [0.1, 0.15) is 10.9 Å². The Morgan fingerprint density at radius 2 is 1.61 bits per heavy atom. The molecule has 8 nitrogen and oxygen atoms in total. The van der Waals surface area contributed by atoms with Crippen LogP contribution in [0.15, 0.2) is 83.8 Å². The predicted octanol–water partition coefficient (Wildman–Crippen LogP) is 3.65. The first-order valence-electron chi connectivity index (χ1n) is 12.2. The van der Waals surface area contributed by atoms with Crippen molar-refractivity contribution in [3.05, 3.63) is 101 Å². The number of hydrogen-bond acceptors (Lipinski definition) is 5. The minimum atomic E-state index is -4.06. The van der Waals surface area contributed by atoms with E-state index in [1.165, 1.54) is 17.0 Å². The Labute approximate surface area is 227 Å². The van der Waals surface area contributed by atoms with Crippen LogP contribution >= 0.6 is 11.6 Å². The summed E-state index contributed by atoms with van der Waals surface area (Å²) in [6.45, 7) is 1.95. The standard InChI is InChI=1S/C28H28ClN3O5S/c1-2-30-27(34)24(18-20-8-4-3-5-9-20)31(19-21-12-14-22(29)15-13-21)26(33)16-17-32-28(35)23-10-6-7-11-25(23)38(32,36)37/h3-15,24H,2,16-19H2,1H3,(H,30,34)/t24-/m1/s1. The summed E-state index contributed by atoms with van der Waals surface area (Å²) in [5.41, 5.74) is 1.70. The topological polar surface area (TPSA) is 104 Å². The largest absolute Gasteiger partial charge is 0.355 e. The number of amides is 3. The summed E-state index contributed by atoms with van der Waals surface area (Å²) in [6, 6.07) is 21.4. The number of rotatable bonds is 10. The molecule has 0 aliphatic carbocycles. The molecule has 3 amide bonds. The van der Waals surface area contributed by atoms with E-state index in [1.54, 1.807) is 43.3 Å². The molecule has 0 unspecified atom stereocenters. The van der Waals surface area contributed by atoms with Crippen LogP contribution in [0.1, 0.15) is 34.8 Å². The van der Waals surface area contributed by atoms with E-state index in [4.69, 9.17) is 11.6 Å². The second-order valence-corrected chi connectivity index (χ2v) is 11.1. The lowest BCUT2D eigenvalue weighted by Crippen LogP contribution is -2.51. The van der Waals surface area contributed by atoms with Gasteiger partial charge in [-0.25, -0.2) is 12.7 Å². The van der Waals surface area contributed by atoms with Gasteiger partial charge >= 0.3 is 0 Å². The molecule has 0 bridgehead atoms. The normalized spacial score (nSPS) is 14.6. The Balaban J connectivity index is 1.62. The third kappa shape index (κ3) is 5.89. The maximum Gasteiger partial charge on any atom is 0.269 e. The second-order valence-electron chi connectivity index (χ2n) is 8.88.